The average Bonchev–Trinajstić information content (AvgIpc) is 2.04. The first-order valence-corrected chi connectivity index (χ1v) is 3.89. The summed E-state index contributed by atoms with van der Waals surface area (Å²) in [5, 5.41) is 11.9. The lowest BCUT2D eigenvalue weighted by Crippen LogP contribution is -2.48. The van der Waals surface area contributed by atoms with E-state index in [0.29, 0.717) is 0 Å². The van der Waals surface area contributed by atoms with Gasteiger partial charge >= 0.3 is 0 Å². The molecule has 64 valence electrons. The van der Waals surface area contributed by atoms with Crippen molar-refractivity contribution >= 4 is 5.91 Å². The number of nitrogens with one attached hydrogen (secondary N) is 1. The molecule has 0 aromatic heterocycles. The van der Waals surface area contributed by atoms with Gasteiger partial charge in [-0.05, 0) is 19.4 Å². The van der Waals surface area contributed by atoms with Gasteiger partial charge in [0.05, 0.1) is 12.5 Å². The zero-order valence-electron chi connectivity index (χ0n) is 6.42. The predicted molar refractivity (Wildman–Crippen MR) is 40.8 cm³/mol. The van der Waals surface area contributed by atoms with Gasteiger partial charge in [0, 0.05) is 6.04 Å². The second kappa shape index (κ2) is 3.69. The van der Waals surface area contributed by atoms with Gasteiger partial charge in [0.1, 0.15) is 0 Å². The van der Waals surface area contributed by atoms with Crippen molar-refractivity contribution in [1.82, 2.24) is 5.32 Å². The number of primary amides is 1. The van der Waals surface area contributed by atoms with Crippen LogP contribution in [0.25, 0.3) is 0 Å². The standard InChI is InChI=1S/C7H14N2O2/c8-7(11)5-2-1-3-9-6(5)4-10/h5-6,9-10H,1-4H2,(H2,8,11). The summed E-state index contributed by atoms with van der Waals surface area (Å²) >= 11 is 0. The van der Waals surface area contributed by atoms with Crippen LogP contribution in [0, 0.1) is 5.92 Å². The Morgan fingerprint density at radius 3 is 2.91 bits per heavy atom. The van der Waals surface area contributed by atoms with Gasteiger partial charge in [0.2, 0.25) is 5.91 Å². The second-order valence-corrected chi connectivity index (χ2v) is 2.89. The van der Waals surface area contributed by atoms with E-state index < -0.39 is 0 Å². The summed E-state index contributed by atoms with van der Waals surface area (Å²) in [5.74, 6) is -0.495. The van der Waals surface area contributed by atoms with Crippen molar-refractivity contribution in [2.24, 2.45) is 11.7 Å². The Bertz CT molecular complexity index is 149. The van der Waals surface area contributed by atoms with E-state index in [1.165, 1.54) is 0 Å². The predicted octanol–water partition coefficient (Wildman–Crippen LogP) is -1.17. The van der Waals surface area contributed by atoms with E-state index in [1.54, 1.807) is 0 Å². The number of aliphatic hydroxyl groups is 1. The fourth-order valence-corrected chi connectivity index (χ4v) is 1.49. The number of aliphatic hydroxyl groups excluding tert-OH is 1. The highest BCUT2D eigenvalue weighted by molar-refractivity contribution is 5.77. The van der Waals surface area contributed by atoms with Crippen LogP contribution in [0.1, 0.15) is 12.8 Å². The molecule has 0 aromatic rings. The summed E-state index contributed by atoms with van der Waals surface area (Å²) in [7, 11) is 0. The van der Waals surface area contributed by atoms with E-state index in [2.05, 4.69) is 5.32 Å². The molecule has 0 radical (unpaired) electrons. The highest BCUT2D eigenvalue weighted by Gasteiger charge is 2.27. The molecule has 1 saturated heterocycles. The Labute approximate surface area is 65.8 Å². The van der Waals surface area contributed by atoms with Crippen LogP contribution in [0.5, 0.6) is 0 Å². The Morgan fingerprint density at radius 1 is 1.73 bits per heavy atom. The van der Waals surface area contributed by atoms with Crippen molar-refractivity contribution in [3.63, 3.8) is 0 Å². The lowest BCUT2D eigenvalue weighted by Gasteiger charge is -2.28. The molecule has 1 heterocycles. The molecule has 1 amide bonds. The number of rotatable bonds is 2. The van der Waals surface area contributed by atoms with E-state index in [9.17, 15) is 4.79 Å². The van der Waals surface area contributed by atoms with Gasteiger partial charge in [0.15, 0.2) is 0 Å². The van der Waals surface area contributed by atoms with E-state index in [0.717, 1.165) is 19.4 Å². The van der Waals surface area contributed by atoms with Crippen LogP contribution < -0.4 is 11.1 Å². The average molecular weight is 158 g/mol. The van der Waals surface area contributed by atoms with E-state index in [-0.39, 0.29) is 24.5 Å². The Balaban J connectivity index is 2.51. The molecule has 0 aromatic carbocycles. The fourth-order valence-electron chi connectivity index (χ4n) is 1.49. The number of nitrogens with two attached hydrogens (primary N) is 1. The Hall–Kier alpha value is -0.610. The molecule has 1 aliphatic rings. The van der Waals surface area contributed by atoms with Gasteiger partial charge in [-0.3, -0.25) is 4.79 Å². The van der Waals surface area contributed by atoms with Gasteiger partial charge < -0.3 is 16.2 Å². The van der Waals surface area contributed by atoms with Crippen molar-refractivity contribution in [3.8, 4) is 0 Å². The third-order valence-electron chi connectivity index (χ3n) is 2.15. The molecule has 4 nitrogen and oxygen atoms in total. The van der Waals surface area contributed by atoms with Crippen molar-refractivity contribution in [2.75, 3.05) is 13.2 Å². The minimum atomic E-state index is -0.309. The lowest BCUT2D eigenvalue weighted by atomic mass is 9.91. The minimum absolute atomic E-state index is 0.00634. The molecule has 4 N–H and O–H groups in total. The molecule has 0 saturated carbocycles. The third kappa shape index (κ3) is 1.91. The lowest BCUT2D eigenvalue weighted by molar-refractivity contribution is -0.123. The molecule has 2 unspecified atom stereocenters. The fraction of sp³-hybridized carbons (Fsp3) is 0.857. The highest BCUT2D eigenvalue weighted by atomic mass is 16.3. The smallest absolute Gasteiger partial charge is 0.222 e. The number of piperidine rings is 1. The third-order valence-corrected chi connectivity index (χ3v) is 2.15. The SMILES string of the molecule is NC(=O)C1CCCNC1CO. The molecule has 0 aliphatic carbocycles. The van der Waals surface area contributed by atoms with Gasteiger partial charge in [0.25, 0.3) is 0 Å². The molecule has 4 heteroatoms. The van der Waals surface area contributed by atoms with Crippen LogP contribution in [-0.2, 0) is 4.79 Å². The number of carbonyl (C=O) groups excluding carboxylic acids is 1. The quantitative estimate of drug-likeness (QED) is 0.474. The summed E-state index contributed by atoms with van der Waals surface area (Å²) in [4.78, 5) is 10.8. The van der Waals surface area contributed by atoms with Gasteiger partial charge in [-0.15, -0.1) is 0 Å². The second-order valence-electron chi connectivity index (χ2n) is 2.89. The summed E-state index contributed by atoms with van der Waals surface area (Å²) in [6, 6.07) is -0.124. The Morgan fingerprint density at radius 2 is 2.45 bits per heavy atom. The zero-order valence-corrected chi connectivity index (χ0v) is 6.42. The normalized spacial score (nSPS) is 31.7. The highest BCUT2D eigenvalue weighted by Crippen LogP contribution is 2.15. The molecule has 11 heavy (non-hydrogen) atoms. The van der Waals surface area contributed by atoms with E-state index in [1.807, 2.05) is 0 Å². The van der Waals surface area contributed by atoms with Crippen molar-refractivity contribution in [1.29, 1.82) is 0 Å². The van der Waals surface area contributed by atoms with Crippen molar-refractivity contribution in [2.45, 2.75) is 18.9 Å². The van der Waals surface area contributed by atoms with Crippen molar-refractivity contribution in [3.05, 3.63) is 0 Å². The molecule has 1 rings (SSSR count). The van der Waals surface area contributed by atoms with Gasteiger partial charge in [-0.2, -0.15) is 0 Å². The van der Waals surface area contributed by atoms with Crippen LogP contribution >= 0.6 is 0 Å². The molecule has 2 atom stereocenters. The van der Waals surface area contributed by atoms with Crippen LogP contribution in [0.3, 0.4) is 0 Å². The number of amides is 1. The summed E-state index contributed by atoms with van der Waals surface area (Å²) in [6.07, 6.45) is 1.76. The summed E-state index contributed by atoms with van der Waals surface area (Å²) in [5.41, 5.74) is 5.14. The maximum absolute atomic E-state index is 10.8. The van der Waals surface area contributed by atoms with Crippen LogP contribution in [-0.4, -0.2) is 30.2 Å². The summed E-state index contributed by atoms with van der Waals surface area (Å²) in [6.45, 7) is 0.864. The number of hydrogen-bond acceptors (Lipinski definition) is 3. The molecule has 1 aliphatic heterocycles. The van der Waals surface area contributed by atoms with Gasteiger partial charge in [-0.1, -0.05) is 0 Å². The first-order chi connectivity index (χ1) is 5.25. The minimum Gasteiger partial charge on any atom is -0.395 e. The van der Waals surface area contributed by atoms with Crippen LogP contribution in [0.15, 0.2) is 0 Å². The van der Waals surface area contributed by atoms with E-state index >= 15 is 0 Å². The number of hydrogen-bond donors (Lipinski definition) is 3. The monoisotopic (exact) mass is 158 g/mol. The molecule has 1 fully saturated rings. The maximum atomic E-state index is 10.8. The van der Waals surface area contributed by atoms with Gasteiger partial charge in [-0.25, -0.2) is 0 Å². The zero-order chi connectivity index (χ0) is 8.27. The van der Waals surface area contributed by atoms with Crippen molar-refractivity contribution < 1.29 is 9.90 Å². The first kappa shape index (κ1) is 8.49. The molecular formula is C7H14N2O2. The molecular weight excluding hydrogens is 144 g/mol. The van der Waals surface area contributed by atoms with Crippen LogP contribution in [0.4, 0.5) is 0 Å². The molecule has 0 bridgehead atoms. The largest absolute Gasteiger partial charge is 0.395 e. The maximum Gasteiger partial charge on any atom is 0.222 e. The Kier molecular flexibility index (Phi) is 2.84. The van der Waals surface area contributed by atoms with Crippen LogP contribution in [0.2, 0.25) is 0 Å². The molecule has 0 spiro atoms. The summed E-state index contributed by atoms with van der Waals surface area (Å²) < 4.78 is 0. The first-order valence-electron chi connectivity index (χ1n) is 3.89. The van der Waals surface area contributed by atoms with E-state index in [4.69, 9.17) is 10.8 Å². The number of carbonyl (C=O) groups is 1. The topological polar surface area (TPSA) is 75.4 Å².